The van der Waals surface area contributed by atoms with Crippen molar-refractivity contribution >= 4 is 33.3 Å². The van der Waals surface area contributed by atoms with E-state index in [0.29, 0.717) is 22.3 Å². The van der Waals surface area contributed by atoms with Crippen LogP contribution in [0.4, 0.5) is 10.1 Å². The summed E-state index contributed by atoms with van der Waals surface area (Å²) in [4.78, 5) is 27.6. The van der Waals surface area contributed by atoms with Crippen molar-refractivity contribution in [2.75, 3.05) is 5.32 Å². The largest absolute Gasteiger partial charge is 0.325 e. The second kappa shape index (κ2) is 7.79. The lowest BCUT2D eigenvalue weighted by Crippen LogP contribution is -2.12. The van der Waals surface area contributed by atoms with Crippen LogP contribution in [0.1, 0.15) is 29.6 Å². The minimum atomic E-state index is -0.376. The molecule has 6 heteroatoms. The number of nitrogens with zero attached hydrogens (tertiary/aromatic N) is 1. The zero-order valence-electron chi connectivity index (χ0n) is 11.7. The molecule has 4 nitrogen and oxygen atoms in total. The van der Waals surface area contributed by atoms with Gasteiger partial charge < -0.3 is 5.32 Å². The summed E-state index contributed by atoms with van der Waals surface area (Å²) < 4.78 is 13.5. The smallest absolute Gasteiger partial charge is 0.224 e. The number of halogens is 2. The molecule has 0 radical (unpaired) electrons. The van der Waals surface area contributed by atoms with Gasteiger partial charge in [0, 0.05) is 18.4 Å². The first-order chi connectivity index (χ1) is 10.5. The molecular weight excluding hydrogens is 351 g/mol. The predicted molar refractivity (Wildman–Crippen MR) is 85.1 cm³/mol. The molecule has 0 fully saturated rings. The van der Waals surface area contributed by atoms with E-state index in [2.05, 4.69) is 26.2 Å². The Balaban J connectivity index is 1.75. The van der Waals surface area contributed by atoms with E-state index in [1.807, 2.05) is 0 Å². The number of aromatic nitrogens is 1. The van der Waals surface area contributed by atoms with Crippen LogP contribution in [0, 0.1) is 5.82 Å². The first-order valence-corrected chi connectivity index (χ1v) is 7.54. The first-order valence-electron chi connectivity index (χ1n) is 6.75. The van der Waals surface area contributed by atoms with Crippen molar-refractivity contribution in [1.29, 1.82) is 0 Å². The molecule has 0 saturated carbocycles. The number of Topliss-reactive ketones (excluding diaryl/α,β-unsaturated/α-hetero) is 1. The van der Waals surface area contributed by atoms with Gasteiger partial charge in [0.05, 0.1) is 11.9 Å². The molecule has 22 heavy (non-hydrogen) atoms. The van der Waals surface area contributed by atoms with Gasteiger partial charge in [0.15, 0.2) is 5.78 Å². The maximum atomic E-state index is 12.8. The summed E-state index contributed by atoms with van der Waals surface area (Å²) >= 11 is 3.21. The molecule has 0 aliphatic carbocycles. The fourth-order valence-corrected chi connectivity index (χ4v) is 2.10. The lowest BCUT2D eigenvalue weighted by Gasteiger charge is -2.05. The minimum Gasteiger partial charge on any atom is -0.325 e. The molecule has 1 aromatic heterocycles. The van der Waals surface area contributed by atoms with E-state index in [0.717, 1.165) is 0 Å². The summed E-state index contributed by atoms with van der Waals surface area (Å²) in [6.07, 6.45) is 2.47. The Kier molecular flexibility index (Phi) is 5.77. The summed E-state index contributed by atoms with van der Waals surface area (Å²) in [5.74, 6) is -0.645. The van der Waals surface area contributed by atoms with Crippen molar-refractivity contribution in [2.24, 2.45) is 0 Å². The number of pyridine rings is 1. The lowest BCUT2D eigenvalue weighted by atomic mass is 10.1. The van der Waals surface area contributed by atoms with Crippen LogP contribution in [0.15, 0.2) is 47.2 Å². The van der Waals surface area contributed by atoms with Gasteiger partial charge >= 0.3 is 0 Å². The maximum Gasteiger partial charge on any atom is 0.224 e. The molecule has 114 valence electrons. The molecule has 0 unspecified atom stereocenters. The molecule has 1 amide bonds. The van der Waals surface area contributed by atoms with Gasteiger partial charge in [-0.15, -0.1) is 0 Å². The van der Waals surface area contributed by atoms with Crippen LogP contribution >= 0.6 is 15.9 Å². The van der Waals surface area contributed by atoms with Gasteiger partial charge in [-0.25, -0.2) is 9.37 Å². The Morgan fingerprint density at radius 2 is 1.82 bits per heavy atom. The second-order valence-electron chi connectivity index (χ2n) is 4.70. The van der Waals surface area contributed by atoms with Crippen LogP contribution in [0.3, 0.4) is 0 Å². The molecule has 1 aromatic carbocycles. The monoisotopic (exact) mass is 364 g/mol. The SMILES string of the molecule is O=C(CCCC(=O)c1ccc(F)cc1)Nc1ccc(Br)nc1. The molecule has 2 rings (SSSR count). The molecule has 0 bridgehead atoms. The summed E-state index contributed by atoms with van der Waals surface area (Å²) in [6, 6.07) is 8.86. The Morgan fingerprint density at radius 3 is 2.45 bits per heavy atom. The van der Waals surface area contributed by atoms with Crippen molar-refractivity contribution in [3.05, 3.63) is 58.6 Å². The van der Waals surface area contributed by atoms with E-state index in [4.69, 9.17) is 0 Å². The summed E-state index contributed by atoms with van der Waals surface area (Å²) in [6.45, 7) is 0. The average molecular weight is 365 g/mol. The van der Waals surface area contributed by atoms with E-state index in [1.165, 1.54) is 24.3 Å². The minimum absolute atomic E-state index is 0.0990. The topological polar surface area (TPSA) is 59.1 Å². The lowest BCUT2D eigenvalue weighted by molar-refractivity contribution is -0.116. The van der Waals surface area contributed by atoms with E-state index in [1.54, 1.807) is 18.3 Å². The van der Waals surface area contributed by atoms with Gasteiger partial charge in [0.1, 0.15) is 10.4 Å². The van der Waals surface area contributed by atoms with Gasteiger partial charge in [-0.1, -0.05) is 0 Å². The van der Waals surface area contributed by atoms with E-state index in [-0.39, 0.29) is 30.3 Å². The van der Waals surface area contributed by atoms with Crippen molar-refractivity contribution in [2.45, 2.75) is 19.3 Å². The molecule has 0 spiro atoms. The number of rotatable bonds is 6. The highest BCUT2D eigenvalue weighted by atomic mass is 79.9. The number of carbonyl (C=O) groups excluding carboxylic acids is 2. The number of carbonyl (C=O) groups is 2. The summed E-state index contributed by atoms with van der Waals surface area (Å²) in [5, 5.41) is 2.71. The zero-order chi connectivity index (χ0) is 15.9. The van der Waals surface area contributed by atoms with Crippen molar-refractivity contribution < 1.29 is 14.0 Å². The van der Waals surface area contributed by atoms with Gasteiger partial charge in [-0.2, -0.15) is 0 Å². The number of amides is 1. The first kappa shape index (κ1) is 16.3. The molecule has 0 aliphatic rings. The summed E-state index contributed by atoms with van der Waals surface area (Å²) in [7, 11) is 0. The van der Waals surface area contributed by atoms with Crippen LogP contribution in [-0.2, 0) is 4.79 Å². The van der Waals surface area contributed by atoms with Crippen LogP contribution < -0.4 is 5.32 Å². The van der Waals surface area contributed by atoms with Crippen molar-refractivity contribution in [3.8, 4) is 0 Å². The third-order valence-electron chi connectivity index (χ3n) is 2.99. The molecule has 0 atom stereocenters. The van der Waals surface area contributed by atoms with Crippen molar-refractivity contribution in [1.82, 2.24) is 4.98 Å². The third kappa shape index (κ3) is 5.04. The normalized spacial score (nSPS) is 10.3. The van der Waals surface area contributed by atoms with Crippen LogP contribution in [0.2, 0.25) is 0 Å². The van der Waals surface area contributed by atoms with Gasteiger partial charge in [-0.05, 0) is 58.7 Å². The van der Waals surface area contributed by atoms with Crippen LogP contribution in [0.5, 0.6) is 0 Å². The fourth-order valence-electron chi connectivity index (χ4n) is 1.86. The number of nitrogens with one attached hydrogen (secondary N) is 1. The highest BCUT2D eigenvalue weighted by Crippen LogP contribution is 2.12. The molecule has 1 heterocycles. The van der Waals surface area contributed by atoms with Gasteiger partial charge in [-0.3, -0.25) is 9.59 Å². The summed E-state index contributed by atoms with van der Waals surface area (Å²) in [5.41, 5.74) is 1.07. The molecule has 0 saturated heterocycles. The van der Waals surface area contributed by atoms with E-state index in [9.17, 15) is 14.0 Å². The number of benzene rings is 1. The number of hydrogen-bond acceptors (Lipinski definition) is 3. The van der Waals surface area contributed by atoms with Crippen molar-refractivity contribution in [3.63, 3.8) is 0 Å². The van der Waals surface area contributed by atoms with Gasteiger partial charge in [0.2, 0.25) is 5.91 Å². The molecule has 1 N–H and O–H groups in total. The predicted octanol–water partition coefficient (Wildman–Crippen LogP) is 3.97. The Morgan fingerprint density at radius 1 is 1.09 bits per heavy atom. The standard InChI is InChI=1S/C16H14BrFN2O2/c17-15-9-8-13(10-19-15)20-16(22)3-1-2-14(21)11-4-6-12(18)7-5-11/h4-10H,1-3H2,(H,20,22). The Labute approximate surface area is 135 Å². The molecule has 2 aromatic rings. The number of hydrogen-bond donors (Lipinski definition) is 1. The quantitative estimate of drug-likeness (QED) is 0.622. The van der Waals surface area contributed by atoms with Gasteiger partial charge in [0.25, 0.3) is 0 Å². The van der Waals surface area contributed by atoms with Crippen LogP contribution in [0.25, 0.3) is 0 Å². The maximum absolute atomic E-state index is 12.8. The highest BCUT2D eigenvalue weighted by molar-refractivity contribution is 9.10. The second-order valence-corrected chi connectivity index (χ2v) is 5.51. The number of anilines is 1. The Bertz CT molecular complexity index is 657. The molecule has 0 aliphatic heterocycles. The van der Waals surface area contributed by atoms with E-state index >= 15 is 0 Å². The fraction of sp³-hybridized carbons (Fsp3) is 0.188. The average Bonchev–Trinajstić information content (AvgIpc) is 2.50. The van der Waals surface area contributed by atoms with E-state index < -0.39 is 0 Å². The third-order valence-corrected chi connectivity index (χ3v) is 3.45. The number of ketones is 1. The van der Waals surface area contributed by atoms with Crippen LogP contribution in [-0.4, -0.2) is 16.7 Å². The highest BCUT2D eigenvalue weighted by Gasteiger charge is 2.08. The zero-order valence-corrected chi connectivity index (χ0v) is 13.3. The Hall–Kier alpha value is -2.08. The molecular formula is C16H14BrFN2O2.